The van der Waals surface area contributed by atoms with Gasteiger partial charge in [0.1, 0.15) is 24.2 Å². The van der Waals surface area contributed by atoms with Crippen molar-refractivity contribution in [2.45, 2.75) is 13.5 Å². The van der Waals surface area contributed by atoms with Crippen LogP contribution < -0.4 is 9.47 Å². The molecule has 0 aliphatic carbocycles. The Morgan fingerprint density at radius 1 is 1.11 bits per heavy atom. The number of rotatable bonds is 4. The van der Waals surface area contributed by atoms with Crippen LogP contribution in [0, 0.1) is 18.3 Å². The van der Waals surface area contributed by atoms with Crippen molar-refractivity contribution in [2.75, 3.05) is 7.11 Å². The number of methoxy groups -OCH3 is 1. The van der Waals surface area contributed by atoms with Gasteiger partial charge in [-0.1, -0.05) is 29.8 Å². The van der Waals surface area contributed by atoms with Crippen molar-refractivity contribution in [3.05, 3.63) is 59.2 Å². The molecule has 0 aromatic heterocycles. The van der Waals surface area contributed by atoms with E-state index in [0.29, 0.717) is 23.7 Å². The molecule has 96 valence electrons. The van der Waals surface area contributed by atoms with Crippen LogP contribution in [0.2, 0.25) is 0 Å². The van der Waals surface area contributed by atoms with Crippen LogP contribution in [0.5, 0.6) is 11.5 Å². The predicted molar refractivity (Wildman–Crippen MR) is 73.2 cm³/mol. The Morgan fingerprint density at radius 2 is 1.84 bits per heavy atom. The van der Waals surface area contributed by atoms with Crippen LogP contribution in [0.3, 0.4) is 0 Å². The molecule has 0 saturated carbocycles. The van der Waals surface area contributed by atoms with Crippen LogP contribution in [-0.2, 0) is 6.61 Å². The van der Waals surface area contributed by atoms with Gasteiger partial charge in [0.25, 0.3) is 0 Å². The lowest BCUT2D eigenvalue weighted by Crippen LogP contribution is -1.98. The largest absolute Gasteiger partial charge is 0.497 e. The van der Waals surface area contributed by atoms with Gasteiger partial charge >= 0.3 is 0 Å². The average molecular weight is 253 g/mol. The fourth-order valence-electron chi connectivity index (χ4n) is 1.69. The van der Waals surface area contributed by atoms with E-state index in [2.05, 4.69) is 6.07 Å². The van der Waals surface area contributed by atoms with Crippen molar-refractivity contribution in [1.29, 1.82) is 5.26 Å². The van der Waals surface area contributed by atoms with Gasteiger partial charge in [0.15, 0.2) is 0 Å². The van der Waals surface area contributed by atoms with Gasteiger partial charge in [-0.15, -0.1) is 0 Å². The zero-order valence-electron chi connectivity index (χ0n) is 11.0. The van der Waals surface area contributed by atoms with Crippen LogP contribution in [0.25, 0.3) is 0 Å². The Hall–Kier alpha value is -2.47. The average Bonchev–Trinajstić information content (AvgIpc) is 2.46. The Labute approximate surface area is 113 Å². The van der Waals surface area contributed by atoms with E-state index in [-0.39, 0.29) is 0 Å². The van der Waals surface area contributed by atoms with E-state index in [4.69, 9.17) is 14.7 Å². The molecular weight excluding hydrogens is 238 g/mol. The maximum Gasteiger partial charge on any atom is 0.141 e. The minimum atomic E-state index is 0.433. The quantitative estimate of drug-likeness (QED) is 0.838. The maximum absolute atomic E-state index is 9.04. The number of hydrogen-bond acceptors (Lipinski definition) is 3. The molecule has 3 heteroatoms. The third-order valence-electron chi connectivity index (χ3n) is 2.82. The van der Waals surface area contributed by atoms with Crippen molar-refractivity contribution in [2.24, 2.45) is 0 Å². The standard InChI is InChI=1S/C16H15NO2/c1-12-3-5-13(6-4-12)11-19-16-9-15(18-2)8-7-14(16)10-17/h3-9H,11H2,1-2H3. The van der Waals surface area contributed by atoms with E-state index in [9.17, 15) is 0 Å². The first kappa shape index (κ1) is 13.0. The van der Waals surface area contributed by atoms with Gasteiger partial charge in [0.05, 0.1) is 12.7 Å². The summed E-state index contributed by atoms with van der Waals surface area (Å²) in [6.07, 6.45) is 0. The summed E-state index contributed by atoms with van der Waals surface area (Å²) < 4.78 is 10.8. The second-order valence-electron chi connectivity index (χ2n) is 4.25. The minimum Gasteiger partial charge on any atom is -0.497 e. The summed E-state index contributed by atoms with van der Waals surface area (Å²) in [5.74, 6) is 1.22. The molecule has 2 aromatic rings. The van der Waals surface area contributed by atoms with E-state index in [1.165, 1.54) is 5.56 Å². The molecule has 0 radical (unpaired) electrons. The monoisotopic (exact) mass is 253 g/mol. The lowest BCUT2D eigenvalue weighted by atomic mass is 10.1. The third-order valence-corrected chi connectivity index (χ3v) is 2.82. The molecule has 0 saturated heterocycles. The summed E-state index contributed by atoms with van der Waals surface area (Å²) in [5, 5.41) is 9.04. The van der Waals surface area contributed by atoms with E-state index in [1.54, 1.807) is 25.3 Å². The highest BCUT2D eigenvalue weighted by atomic mass is 16.5. The lowest BCUT2D eigenvalue weighted by Gasteiger charge is -2.09. The van der Waals surface area contributed by atoms with Crippen molar-refractivity contribution in [3.8, 4) is 17.6 Å². The molecule has 0 bridgehead atoms. The summed E-state index contributed by atoms with van der Waals surface area (Å²) >= 11 is 0. The van der Waals surface area contributed by atoms with Crippen molar-refractivity contribution >= 4 is 0 Å². The molecule has 0 heterocycles. The highest BCUT2D eigenvalue weighted by Crippen LogP contribution is 2.25. The smallest absolute Gasteiger partial charge is 0.141 e. The number of ether oxygens (including phenoxy) is 2. The van der Waals surface area contributed by atoms with Gasteiger partial charge in [0, 0.05) is 6.07 Å². The fourth-order valence-corrected chi connectivity index (χ4v) is 1.69. The summed E-state index contributed by atoms with van der Waals surface area (Å²) in [6.45, 7) is 2.47. The first-order valence-corrected chi connectivity index (χ1v) is 5.99. The van der Waals surface area contributed by atoms with E-state index in [0.717, 1.165) is 5.56 Å². The predicted octanol–water partition coefficient (Wildman–Crippen LogP) is 3.45. The number of benzene rings is 2. The van der Waals surface area contributed by atoms with Gasteiger partial charge < -0.3 is 9.47 Å². The number of aryl methyl sites for hydroxylation is 1. The molecule has 2 aromatic carbocycles. The van der Waals surface area contributed by atoms with Crippen LogP contribution >= 0.6 is 0 Å². The van der Waals surface area contributed by atoms with Crippen LogP contribution in [0.4, 0.5) is 0 Å². The SMILES string of the molecule is COc1ccc(C#N)c(OCc2ccc(C)cc2)c1. The second kappa shape index (κ2) is 5.92. The highest BCUT2D eigenvalue weighted by Gasteiger charge is 2.05. The molecule has 19 heavy (non-hydrogen) atoms. The van der Waals surface area contributed by atoms with Crippen molar-refractivity contribution in [1.82, 2.24) is 0 Å². The minimum absolute atomic E-state index is 0.433. The van der Waals surface area contributed by atoms with Crippen LogP contribution in [0.1, 0.15) is 16.7 Å². The molecule has 0 amide bonds. The number of nitriles is 1. The normalized spacial score (nSPS) is 9.74. The lowest BCUT2D eigenvalue weighted by molar-refractivity contribution is 0.302. The molecule has 0 atom stereocenters. The number of nitrogens with zero attached hydrogens (tertiary/aromatic N) is 1. The second-order valence-corrected chi connectivity index (χ2v) is 4.25. The molecule has 2 rings (SSSR count). The molecular formula is C16H15NO2. The van der Waals surface area contributed by atoms with E-state index >= 15 is 0 Å². The Bertz CT molecular complexity index is 597. The van der Waals surface area contributed by atoms with Gasteiger partial charge in [0.2, 0.25) is 0 Å². The molecule has 0 unspecified atom stereocenters. The van der Waals surface area contributed by atoms with Crippen molar-refractivity contribution in [3.63, 3.8) is 0 Å². The van der Waals surface area contributed by atoms with Gasteiger partial charge in [-0.05, 0) is 24.6 Å². The zero-order valence-corrected chi connectivity index (χ0v) is 11.0. The topological polar surface area (TPSA) is 42.2 Å². The van der Waals surface area contributed by atoms with Gasteiger partial charge in [-0.2, -0.15) is 5.26 Å². The van der Waals surface area contributed by atoms with Gasteiger partial charge in [-0.25, -0.2) is 0 Å². The highest BCUT2D eigenvalue weighted by molar-refractivity contribution is 5.47. The fraction of sp³-hybridized carbons (Fsp3) is 0.188. The van der Waals surface area contributed by atoms with E-state index in [1.807, 2.05) is 31.2 Å². The first-order valence-electron chi connectivity index (χ1n) is 5.99. The van der Waals surface area contributed by atoms with Crippen LogP contribution in [0.15, 0.2) is 42.5 Å². The molecule has 3 nitrogen and oxygen atoms in total. The Balaban J connectivity index is 2.14. The van der Waals surface area contributed by atoms with Crippen LogP contribution in [-0.4, -0.2) is 7.11 Å². The van der Waals surface area contributed by atoms with Crippen molar-refractivity contribution < 1.29 is 9.47 Å². The summed E-state index contributed by atoms with van der Waals surface area (Å²) in [4.78, 5) is 0. The molecule has 0 N–H and O–H groups in total. The summed E-state index contributed by atoms with van der Waals surface area (Å²) in [7, 11) is 1.59. The Morgan fingerprint density at radius 3 is 2.47 bits per heavy atom. The van der Waals surface area contributed by atoms with E-state index < -0.39 is 0 Å². The maximum atomic E-state index is 9.04. The molecule has 0 aliphatic heterocycles. The summed E-state index contributed by atoms with van der Waals surface area (Å²) in [6, 6.07) is 15.4. The zero-order chi connectivity index (χ0) is 13.7. The molecule has 0 spiro atoms. The Kier molecular flexibility index (Phi) is 4.04. The molecule has 0 fully saturated rings. The third kappa shape index (κ3) is 3.26. The summed E-state index contributed by atoms with van der Waals surface area (Å²) in [5.41, 5.74) is 2.79. The first-order chi connectivity index (χ1) is 9.22. The van der Waals surface area contributed by atoms with Gasteiger partial charge in [-0.3, -0.25) is 0 Å². The molecule has 0 aliphatic rings. The number of hydrogen-bond donors (Lipinski definition) is 0.